The molecule has 1 aliphatic rings. The van der Waals surface area contributed by atoms with Gasteiger partial charge in [-0.25, -0.2) is 4.79 Å². The average Bonchev–Trinajstić information content (AvgIpc) is 2.33. The molecule has 1 aliphatic heterocycles. The van der Waals surface area contributed by atoms with Gasteiger partial charge in [0, 0.05) is 25.2 Å². The van der Waals surface area contributed by atoms with E-state index in [2.05, 4.69) is 0 Å². The molecule has 0 saturated carbocycles. The predicted octanol–water partition coefficient (Wildman–Crippen LogP) is 2.18. The number of amides is 1. The van der Waals surface area contributed by atoms with Gasteiger partial charge in [0.15, 0.2) is 0 Å². The second-order valence-electron chi connectivity index (χ2n) is 6.88. The van der Waals surface area contributed by atoms with Gasteiger partial charge < -0.3 is 14.7 Å². The van der Waals surface area contributed by atoms with Gasteiger partial charge in [-0.1, -0.05) is 0 Å². The van der Waals surface area contributed by atoms with E-state index in [1.54, 1.807) is 4.90 Å². The summed E-state index contributed by atoms with van der Waals surface area (Å²) in [6.45, 7) is 10.7. The fourth-order valence-corrected chi connectivity index (χ4v) is 2.61. The minimum absolute atomic E-state index is 0.00446. The van der Waals surface area contributed by atoms with Gasteiger partial charge in [0.2, 0.25) is 0 Å². The standard InChI is InChI=1S/C15H28N2O4/c1-11(2)17(10-13(18)19)12-7-6-8-16(9-12)14(20)21-15(3,4)5/h11-12H,6-10H2,1-5H3,(H,18,19)/t12-/m1/s1. The number of carbonyl (C=O) groups is 2. The SMILES string of the molecule is CC(C)N(CC(=O)O)[C@@H]1CCCN(C(=O)OC(C)(C)C)C1. The molecule has 1 heterocycles. The summed E-state index contributed by atoms with van der Waals surface area (Å²) in [5.41, 5.74) is -0.511. The van der Waals surface area contributed by atoms with E-state index in [0.29, 0.717) is 13.1 Å². The molecule has 6 nitrogen and oxygen atoms in total. The Bertz CT molecular complexity index is 376. The zero-order chi connectivity index (χ0) is 16.2. The fraction of sp³-hybridized carbons (Fsp3) is 0.867. The van der Waals surface area contributed by atoms with E-state index >= 15 is 0 Å². The molecule has 0 radical (unpaired) electrons. The Balaban J connectivity index is 2.69. The van der Waals surface area contributed by atoms with Gasteiger partial charge in [-0.3, -0.25) is 9.69 Å². The van der Waals surface area contributed by atoms with Crippen LogP contribution in [0.4, 0.5) is 4.79 Å². The average molecular weight is 300 g/mol. The number of ether oxygens (including phenoxy) is 1. The van der Waals surface area contributed by atoms with Crippen molar-refractivity contribution < 1.29 is 19.4 Å². The number of piperidine rings is 1. The van der Waals surface area contributed by atoms with E-state index < -0.39 is 11.6 Å². The van der Waals surface area contributed by atoms with Gasteiger partial charge in [0.1, 0.15) is 5.60 Å². The lowest BCUT2D eigenvalue weighted by atomic mass is 10.0. The van der Waals surface area contributed by atoms with Crippen molar-refractivity contribution in [2.75, 3.05) is 19.6 Å². The number of hydrogen-bond acceptors (Lipinski definition) is 4. The number of hydrogen-bond donors (Lipinski definition) is 1. The van der Waals surface area contributed by atoms with E-state index in [1.807, 2.05) is 39.5 Å². The zero-order valence-corrected chi connectivity index (χ0v) is 13.8. The largest absolute Gasteiger partial charge is 0.480 e. The van der Waals surface area contributed by atoms with Crippen molar-refractivity contribution >= 4 is 12.1 Å². The normalized spacial score (nSPS) is 20.0. The molecule has 0 aromatic rings. The molecule has 1 amide bonds. The van der Waals surface area contributed by atoms with Crippen LogP contribution in [0.3, 0.4) is 0 Å². The molecule has 1 saturated heterocycles. The van der Waals surface area contributed by atoms with Gasteiger partial charge in [-0.05, 0) is 47.5 Å². The zero-order valence-electron chi connectivity index (χ0n) is 13.8. The van der Waals surface area contributed by atoms with Crippen LogP contribution in [0.5, 0.6) is 0 Å². The third-order valence-electron chi connectivity index (χ3n) is 3.50. The molecule has 0 unspecified atom stereocenters. The summed E-state index contributed by atoms with van der Waals surface area (Å²) in [7, 11) is 0. The van der Waals surface area contributed by atoms with Crippen molar-refractivity contribution in [1.82, 2.24) is 9.80 Å². The van der Waals surface area contributed by atoms with Crippen molar-refractivity contribution in [3.63, 3.8) is 0 Å². The summed E-state index contributed by atoms with van der Waals surface area (Å²) in [6.07, 6.45) is 1.46. The van der Waals surface area contributed by atoms with Gasteiger partial charge >= 0.3 is 12.1 Å². The molecule has 1 N–H and O–H groups in total. The molecule has 122 valence electrons. The highest BCUT2D eigenvalue weighted by Crippen LogP contribution is 2.20. The minimum atomic E-state index is -0.835. The van der Waals surface area contributed by atoms with Crippen molar-refractivity contribution in [2.45, 2.75) is 65.1 Å². The highest BCUT2D eigenvalue weighted by molar-refractivity contribution is 5.69. The van der Waals surface area contributed by atoms with Crippen LogP contribution in [0.2, 0.25) is 0 Å². The summed E-state index contributed by atoms with van der Waals surface area (Å²) in [5.74, 6) is -0.835. The Kier molecular flexibility index (Phi) is 6.01. The van der Waals surface area contributed by atoms with Crippen LogP contribution in [0.1, 0.15) is 47.5 Å². The maximum Gasteiger partial charge on any atom is 0.410 e. The minimum Gasteiger partial charge on any atom is -0.480 e. The van der Waals surface area contributed by atoms with Gasteiger partial charge in [-0.2, -0.15) is 0 Å². The maximum absolute atomic E-state index is 12.1. The fourth-order valence-electron chi connectivity index (χ4n) is 2.61. The molecule has 6 heteroatoms. The smallest absolute Gasteiger partial charge is 0.410 e. The molecule has 0 aliphatic carbocycles. The van der Waals surface area contributed by atoms with Gasteiger partial charge in [-0.15, -0.1) is 0 Å². The Morgan fingerprint density at radius 3 is 2.48 bits per heavy atom. The van der Waals surface area contributed by atoms with Crippen molar-refractivity contribution in [1.29, 1.82) is 0 Å². The Morgan fingerprint density at radius 1 is 1.38 bits per heavy atom. The second kappa shape index (κ2) is 7.11. The second-order valence-corrected chi connectivity index (χ2v) is 6.88. The molecule has 0 aromatic heterocycles. The van der Waals surface area contributed by atoms with Crippen LogP contribution >= 0.6 is 0 Å². The first-order chi connectivity index (χ1) is 9.60. The predicted molar refractivity (Wildman–Crippen MR) is 80.3 cm³/mol. The van der Waals surface area contributed by atoms with Gasteiger partial charge in [0.25, 0.3) is 0 Å². The van der Waals surface area contributed by atoms with E-state index in [-0.39, 0.29) is 24.7 Å². The lowest BCUT2D eigenvalue weighted by Gasteiger charge is -2.40. The highest BCUT2D eigenvalue weighted by atomic mass is 16.6. The molecular formula is C15H28N2O4. The number of nitrogens with zero attached hydrogens (tertiary/aromatic N) is 2. The van der Waals surface area contributed by atoms with Crippen molar-refractivity contribution in [3.05, 3.63) is 0 Å². The molecule has 21 heavy (non-hydrogen) atoms. The topological polar surface area (TPSA) is 70.1 Å². The number of carboxylic acid groups (broad SMARTS) is 1. The number of aliphatic carboxylic acids is 1. The first-order valence-corrected chi connectivity index (χ1v) is 7.55. The summed E-state index contributed by atoms with van der Waals surface area (Å²) in [4.78, 5) is 26.8. The lowest BCUT2D eigenvalue weighted by Crippen LogP contribution is -2.53. The third kappa shape index (κ3) is 5.91. The first kappa shape index (κ1) is 17.8. The van der Waals surface area contributed by atoms with Crippen molar-refractivity contribution in [2.24, 2.45) is 0 Å². The number of carboxylic acids is 1. The van der Waals surface area contributed by atoms with E-state index in [4.69, 9.17) is 9.84 Å². The molecule has 0 aromatic carbocycles. The highest BCUT2D eigenvalue weighted by Gasteiger charge is 2.32. The number of carbonyl (C=O) groups excluding carboxylic acids is 1. The summed E-state index contributed by atoms with van der Waals surface area (Å²) >= 11 is 0. The summed E-state index contributed by atoms with van der Waals surface area (Å²) in [6, 6.07) is 0.201. The van der Waals surface area contributed by atoms with Crippen LogP contribution in [0.25, 0.3) is 0 Å². The monoisotopic (exact) mass is 300 g/mol. The van der Waals surface area contributed by atoms with Crippen LogP contribution in [-0.2, 0) is 9.53 Å². The van der Waals surface area contributed by atoms with E-state index in [1.165, 1.54) is 0 Å². The molecule has 1 atom stereocenters. The Hall–Kier alpha value is -1.30. The van der Waals surface area contributed by atoms with Crippen LogP contribution < -0.4 is 0 Å². The Labute approximate surface area is 127 Å². The van der Waals surface area contributed by atoms with E-state index in [0.717, 1.165) is 12.8 Å². The molecule has 0 bridgehead atoms. The number of likely N-dealkylation sites (tertiary alicyclic amines) is 1. The quantitative estimate of drug-likeness (QED) is 0.861. The van der Waals surface area contributed by atoms with Crippen LogP contribution in [0, 0.1) is 0 Å². The lowest BCUT2D eigenvalue weighted by molar-refractivity contribution is -0.139. The summed E-state index contributed by atoms with van der Waals surface area (Å²) < 4.78 is 5.40. The summed E-state index contributed by atoms with van der Waals surface area (Å²) in [5, 5.41) is 9.04. The van der Waals surface area contributed by atoms with Crippen molar-refractivity contribution in [3.8, 4) is 0 Å². The molecule has 0 spiro atoms. The molecule has 1 fully saturated rings. The molecule has 1 rings (SSSR count). The molecular weight excluding hydrogens is 272 g/mol. The Morgan fingerprint density at radius 2 is 2.00 bits per heavy atom. The van der Waals surface area contributed by atoms with Crippen LogP contribution in [-0.4, -0.2) is 64.3 Å². The maximum atomic E-state index is 12.1. The van der Waals surface area contributed by atoms with E-state index in [9.17, 15) is 9.59 Å². The third-order valence-corrected chi connectivity index (χ3v) is 3.50. The van der Waals surface area contributed by atoms with Crippen LogP contribution in [0.15, 0.2) is 0 Å². The van der Waals surface area contributed by atoms with Gasteiger partial charge in [0.05, 0.1) is 6.54 Å². The first-order valence-electron chi connectivity index (χ1n) is 7.55. The number of rotatable bonds is 4.